The second kappa shape index (κ2) is 9.69. The number of aryl methyl sites for hydroxylation is 3. The molecule has 3 aromatic carbocycles. The summed E-state index contributed by atoms with van der Waals surface area (Å²) in [6.07, 6.45) is 0.649. The molecule has 0 atom stereocenters. The van der Waals surface area contributed by atoms with E-state index in [4.69, 9.17) is 9.72 Å². The van der Waals surface area contributed by atoms with Gasteiger partial charge in [-0.1, -0.05) is 47.5 Å². The molecule has 4 rings (SSSR count). The van der Waals surface area contributed by atoms with Gasteiger partial charge in [0.05, 0.1) is 17.6 Å². The molecule has 0 aliphatic rings. The number of ether oxygens (including phenoxy) is 1. The third kappa shape index (κ3) is 4.99. The number of hydrogen-bond acceptors (Lipinski definition) is 3. The van der Waals surface area contributed by atoms with Gasteiger partial charge in [0.15, 0.2) is 0 Å². The largest absolute Gasteiger partial charge is 0.492 e. The van der Waals surface area contributed by atoms with Crippen LogP contribution < -0.4 is 10.1 Å². The first-order chi connectivity index (χ1) is 15.5. The number of carbonyl (C=O) groups is 1. The van der Waals surface area contributed by atoms with E-state index in [0.29, 0.717) is 26.1 Å². The maximum Gasteiger partial charge on any atom is 0.251 e. The van der Waals surface area contributed by atoms with Gasteiger partial charge in [0.25, 0.3) is 5.91 Å². The van der Waals surface area contributed by atoms with Crippen molar-refractivity contribution in [2.45, 2.75) is 33.7 Å². The molecule has 5 heteroatoms. The topological polar surface area (TPSA) is 56.1 Å². The van der Waals surface area contributed by atoms with E-state index in [2.05, 4.69) is 22.9 Å². The van der Waals surface area contributed by atoms with Crippen LogP contribution in [0.1, 0.15) is 32.9 Å². The van der Waals surface area contributed by atoms with Gasteiger partial charge in [0, 0.05) is 18.5 Å². The van der Waals surface area contributed by atoms with Gasteiger partial charge >= 0.3 is 0 Å². The summed E-state index contributed by atoms with van der Waals surface area (Å²) in [7, 11) is 0. The number of fused-ring (bicyclic) bond motifs is 1. The lowest BCUT2D eigenvalue weighted by atomic mass is 10.1. The highest BCUT2D eigenvalue weighted by molar-refractivity contribution is 5.95. The lowest BCUT2D eigenvalue weighted by molar-refractivity contribution is 0.0953. The number of aromatic nitrogens is 2. The molecule has 0 bridgehead atoms. The summed E-state index contributed by atoms with van der Waals surface area (Å²) in [5, 5.41) is 3.04. The van der Waals surface area contributed by atoms with Gasteiger partial charge in [-0.05, 0) is 56.7 Å². The number of nitrogens with zero attached hydrogens (tertiary/aromatic N) is 2. The smallest absolute Gasteiger partial charge is 0.251 e. The first-order valence-electron chi connectivity index (χ1n) is 11.0. The summed E-state index contributed by atoms with van der Waals surface area (Å²) < 4.78 is 8.13. The van der Waals surface area contributed by atoms with Crippen molar-refractivity contribution in [3.63, 3.8) is 0 Å². The van der Waals surface area contributed by atoms with Crippen molar-refractivity contribution in [1.82, 2.24) is 14.9 Å². The molecule has 0 unspecified atom stereocenters. The zero-order valence-corrected chi connectivity index (χ0v) is 18.9. The van der Waals surface area contributed by atoms with Gasteiger partial charge in [0.1, 0.15) is 18.2 Å². The average Bonchev–Trinajstić information content (AvgIpc) is 3.12. The van der Waals surface area contributed by atoms with Gasteiger partial charge in [-0.3, -0.25) is 4.79 Å². The Morgan fingerprint density at radius 3 is 2.50 bits per heavy atom. The molecule has 1 aromatic heterocycles. The van der Waals surface area contributed by atoms with Crippen LogP contribution in [0.25, 0.3) is 11.0 Å². The molecule has 0 radical (unpaired) electrons. The fourth-order valence-corrected chi connectivity index (χ4v) is 3.91. The van der Waals surface area contributed by atoms with Crippen LogP contribution in [0.5, 0.6) is 5.75 Å². The summed E-state index contributed by atoms with van der Waals surface area (Å²) in [5.41, 5.74) is 6.11. The molecular weight excluding hydrogens is 398 g/mol. The summed E-state index contributed by atoms with van der Waals surface area (Å²) in [6, 6.07) is 22.1. The van der Waals surface area contributed by atoms with Crippen LogP contribution in [-0.2, 0) is 13.0 Å². The van der Waals surface area contributed by atoms with Crippen LogP contribution in [0.3, 0.4) is 0 Å². The zero-order valence-electron chi connectivity index (χ0n) is 18.9. The standard InChI is InChI=1S/C27H29N3O2/c1-19-8-11-22(12-9-19)32-17-16-30-25-7-5-4-6-24(25)29-26(30)14-15-28-27(31)23-13-10-20(2)18-21(23)3/h4-13,18H,14-17H2,1-3H3,(H,28,31). The lowest BCUT2D eigenvalue weighted by Gasteiger charge is -2.12. The molecule has 0 saturated heterocycles. The SMILES string of the molecule is Cc1ccc(OCCn2c(CCNC(=O)c3ccc(C)cc3C)nc3ccccc32)cc1. The third-order valence-electron chi connectivity index (χ3n) is 5.60. The van der Waals surface area contributed by atoms with E-state index in [0.717, 1.165) is 39.3 Å². The molecule has 1 N–H and O–H groups in total. The minimum atomic E-state index is -0.0483. The zero-order chi connectivity index (χ0) is 22.5. The van der Waals surface area contributed by atoms with Crippen molar-refractivity contribution in [3.05, 3.63) is 94.8 Å². The molecular formula is C27H29N3O2. The van der Waals surface area contributed by atoms with Crippen LogP contribution in [-0.4, -0.2) is 28.6 Å². The quantitative estimate of drug-likeness (QED) is 0.430. The maximum absolute atomic E-state index is 12.6. The van der Waals surface area contributed by atoms with Crippen LogP contribution in [0.15, 0.2) is 66.7 Å². The molecule has 0 aliphatic carbocycles. The molecule has 32 heavy (non-hydrogen) atoms. The van der Waals surface area contributed by atoms with Crippen LogP contribution in [0.4, 0.5) is 0 Å². The Hall–Kier alpha value is -3.60. The highest BCUT2D eigenvalue weighted by Crippen LogP contribution is 2.18. The molecule has 0 aliphatic heterocycles. The van der Waals surface area contributed by atoms with Crippen molar-refractivity contribution in [3.8, 4) is 5.75 Å². The summed E-state index contributed by atoms with van der Waals surface area (Å²) in [5.74, 6) is 1.76. The number of imidazole rings is 1. The van der Waals surface area contributed by atoms with Crippen LogP contribution >= 0.6 is 0 Å². The minimum Gasteiger partial charge on any atom is -0.492 e. The summed E-state index contributed by atoms with van der Waals surface area (Å²) >= 11 is 0. The Labute approximate surface area is 189 Å². The predicted octanol–water partition coefficient (Wildman–Crippen LogP) is 5.01. The number of nitrogens with one attached hydrogen (secondary N) is 1. The van der Waals surface area contributed by atoms with E-state index in [-0.39, 0.29) is 5.91 Å². The van der Waals surface area contributed by atoms with E-state index in [1.165, 1.54) is 5.56 Å². The van der Waals surface area contributed by atoms with Crippen LogP contribution in [0, 0.1) is 20.8 Å². The van der Waals surface area contributed by atoms with Gasteiger partial charge in [-0.15, -0.1) is 0 Å². The van der Waals surface area contributed by atoms with Gasteiger partial charge in [0.2, 0.25) is 0 Å². The first kappa shape index (κ1) is 21.6. The first-order valence-corrected chi connectivity index (χ1v) is 11.0. The third-order valence-corrected chi connectivity index (χ3v) is 5.60. The van der Waals surface area contributed by atoms with E-state index in [9.17, 15) is 4.79 Å². The van der Waals surface area contributed by atoms with E-state index < -0.39 is 0 Å². The van der Waals surface area contributed by atoms with Crippen molar-refractivity contribution in [2.75, 3.05) is 13.2 Å². The normalized spacial score (nSPS) is 11.0. The second-order valence-electron chi connectivity index (χ2n) is 8.15. The van der Waals surface area contributed by atoms with Gasteiger partial charge in [-0.2, -0.15) is 0 Å². The molecule has 0 fully saturated rings. The molecule has 0 spiro atoms. The Balaban J connectivity index is 1.42. The fraction of sp³-hybridized carbons (Fsp3) is 0.259. The minimum absolute atomic E-state index is 0.0483. The number of amides is 1. The monoisotopic (exact) mass is 427 g/mol. The molecule has 5 nitrogen and oxygen atoms in total. The number of benzene rings is 3. The Morgan fingerprint density at radius 2 is 1.72 bits per heavy atom. The predicted molar refractivity (Wildman–Crippen MR) is 128 cm³/mol. The number of hydrogen-bond donors (Lipinski definition) is 1. The number of carbonyl (C=O) groups excluding carboxylic acids is 1. The van der Waals surface area contributed by atoms with Crippen molar-refractivity contribution in [1.29, 1.82) is 0 Å². The van der Waals surface area contributed by atoms with Crippen molar-refractivity contribution in [2.24, 2.45) is 0 Å². The summed E-state index contributed by atoms with van der Waals surface area (Å²) in [4.78, 5) is 17.4. The number of rotatable bonds is 8. The van der Waals surface area contributed by atoms with Gasteiger partial charge in [-0.25, -0.2) is 4.98 Å². The van der Waals surface area contributed by atoms with Crippen molar-refractivity contribution < 1.29 is 9.53 Å². The maximum atomic E-state index is 12.6. The summed E-state index contributed by atoms with van der Waals surface area (Å²) in [6.45, 7) is 7.82. The molecule has 0 saturated carbocycles. The molecule has 1 heterocycles. The Kier molecular flexibility index (Phi) is 6.55. The van der Waals surface area contributed by atoms with Gasteiger partial charge < -0.3 is 14.6 Å². The second-order valence-corrected chi connectivity index (χ2v) is 8.15. The highest BCUT2D eigenvalue weighted by atomic mass is 16.5. The lowest BCUT2D eigenvalue weighted by Crippen LogP contribution is -2.27. The van der Waals surface area contributed by atoms with Crippen LogP contribution in [0.2, 0.25) is 0 Å². The average molecular weight is 428 g/mol. The molecule has 4 aromatic rings. The van der Waals surface area contributed by atoms with E-state index >= 15 is 0 Å². The Morgan fingerprint density at radius 1 is 0.969 bits per heavy atom. The van der Waals surface area contributed by atoms with E-state index in [1.807, 2.05) is 74.5 Å². The number of para-hydroxylation sites is 2. The Bertz CT molecular complexity index is 1230. The van der Waals surface area contributed by atoms with E-state index in [1.54, 1.807) is 0 Å². The van der Waals surface area contributed by atoms with Crippen molar-refractivity contribution >= 4 is 16.9 Å². The highest BCUT2D eigenvalue weighted by Gasteiger charge is 2.12. The molecule has 164 valence electrons. The molecule has 1 amide bonds. The fourth-order valence-electron chi connectivity index (χ4n) is 3.91.